The summed E-state index contributed by atoms with van der Waals surface area (Å²) >= 11 is 0. The Morgan fingerprint density at radius 2 is 2.31 bits per heavy atom. The summed E-state index contributed by atoms with van der Waals surface area (Å²) in [6, 6.07) is 0.543. The van der Waals surface area contributed by atoms with Gasteiger partial charge in [-0.3, -0.25) is 10.1 Å². The molecule has 1 heterocycles. The van der Waals surface area contributed by atoms with Crippen molar-refractivity contribution in [2.75, 3.05) is 6.54 Å². The third-order valence-electron chi connectivity index (χ3n) is 3.18. The molecule has 2 aliphatic rings. The van der Waals surface area contributed by atoms with Crippen molar-refractivity contribution < 1.29 is 4.92 Å². The van der Waals surface area contributed by atoms with Gasteiger partial charge < -0.3 is 4.90 Å². The number of rotatable bonds is 2. The Labute approximate surface area is 95.1 Å². The number of nitrogens with zero attached hydrogens (tertiary/aromatic N) is 2. The van der Waals surface area contributed by atoms with Crippen molar-refractivity contribution >= 4 is 0 Å². The molecule has 2 rings (SSSR count). The quantitative estimate of drug-likeness (QED) is 0.530. The molecule has 0 aromatic heterocycles. The number of allylic oxidation sites excluding steroid dienone is 4. The van der Waals surface area contributed by atoms with Crippen LogP contribution in [0.3, 0.4) is 0 Å². The van der Waals surface area contributed by atoms with Crippen molar-refractivity contribution in [2.24, 2.45) is 0 Å². The molecule has 0 aromatic rings. The Morgan fingerprint density at radius 1 is 1.50 bits per heavy atom. The zero-order valence-electron chi connectivity index (χ0n) is 9.43. The topological polar surface area (TPSA) is 46.4 Å². The minimum absolute atomic E-state index is 0.262. The second-order valence-corrected chi connectivity index (χ2v) is 4.30. The van der Waals surface area contributed by atoms with Gasteiger partial charge in [-0.25, -0.2) is 0 Å². The standard InChI is InChI=1S/C12H16N2O2/c1-10-4-3-9-13(10)11-5-2-6-12(8-7-11)14(15)16/h2,5,7-8,10H,3-4,6,9H2,1H3. The van der Waals surface area contributed by atoms with E-state index >= 15 is 0 Å². The monoisotopic (exact) mass is 220 g/mol. The number of likely N-dealkylation sites (tertiary alicyclic amines) is 1. The summed E-state index contributed by atoms with van der Waals surface area (Å²) in [4.78, 5) is 12.7. The van der Waals surface area contributed by atoms with Gasteiger partial charge in [0.25, 0.3) is 0 Å². The molecule has 0 saturated carbocycles. The molecule has 0 spiro atoms. The van der Waals surface area contributed by atoms with Crippen molar-refractivity contribution in [1.29, 1.82) is 0 Å². The first-order chi connectivity index (χ1) is 7.68. The molecular weight excluding hydrogens is 204 g/mol. The second kappa shape index (κ2) is 4.51. The summed E-state index contributed by atoms with van der Waals surface area (Å²) in [6.45, 7) is 3.25. The Morgan fingerprint density at radius 3 is 2.94 bits per heavy atom. The van der Waals surface area contributed by atoms with Crippen LogP contribution in [0.1, 0.15) is 26.2 Å². The number of hydrogen-bond acceptors (Lipinski definition) is 3. The van der Waals surface area contributed by atoms with E-state index < -0.39 is 0 Å². The van der Waals surface area contributed by atoms with Gasteiger partial charge in [0, 0.05) is 24.4 Å². The lowest BCUT2D eigenvalue weighted by Gasteiger charge is -2.24. The van der Waals surface area contributed by atoms with Gasteiger partial charge in [0.15, 0.2) is 0 Å². The third-order valence-corrected chi connectivity index (χ3v) is 3.18. The first-order valence-corrected chi connectivity index (χ1v) is 5.67. The lowest BCUT2D eigenvalue weighted by Crippen LogP contribution is -2.25. The Balaban J connectivity index is 2.19. The van der Waals surface area contributed by atoms with E-state index in [0.717, 1.165) is 12.2 Å². The van der Waals surface area contributed by atoms with Crippen LogP contribution in [0.15, 0.2) is 35.7 Å². The van der Waals surface area contributed by atoms with Crippen LogP contribution in [0.4, 0.5) is 0 Å². The fourth-order valence-electron chi connectivity index (χ4n) is 2.25. The first-order valence-electron chi connectivity index (χ1n) is 5.67. The summed E-state index contributed by atoms with van der Waals surface area (Å²) < 4.78 is 0. The predicted molar refractivity (Wildman–Crippen MR) is 62.3 cm³/mol. The van der Waals surface area contributed by atoms with Gasteiger partial charge in [-0.05, 0) is 31.9 Å². The van der Waals surface area contributed by atoms with E-state index in [9.17, 15) is 10.1 Å². The number of nitro groups is 1. The summed E-state index contributed by atoms with van der Waals surface area (Å²) in [6.07, 6.45) is 10.2. The van der Waals surface area contributed by atoms with Crippen molar-refractivity contribution in [3.05, 3.63) is 45.8 Å². The largest absolute Gasteiger partial charge is 0.369 e. The average Bonchev–Trinajstić information content (AvgIpc) is 2.54. The molecule has 1 unspecified atom stereocenters. The minimum Gasteiger partial charge on any atom is -0.369 e. The molecule has 4 heteroatoms. The van der Waals surface area contributed by atoms with E-state index in [0.29, 0.717) is 12.5 Å². The molecule has 0 N–H and O–H groups in total. The van der Waals surface area contributed by atoms with E-state index in [2.05, 4.69) is 11.8 Å². The van der Waals surface area contributed by atoms with Crippen LogP contribution in [0.5, 0.6) is 0 Å². The fourth-order valence-corrected chi connectivity index (χ4v) is 2.25. The van der Waals surface area contributed by atoms with E-state index in [-0.39, 0.29) is 10.6 Å². The van der Waals surface area contributed by atoms with Crippen LogP contribution < -0.4 is 0 Å². The van der Waals surface area contributed by atoms with Crippen molar-refractivity contribution in [3.63, 3.8) is 0 Å². The highest BCUT2D eigenvalue weighted by molar-refractivity contribution is 5.29. The maximum Gasteiger partial charge on any atom is 0.250 e. The maximum atomic E-state index is 10.7. The van der Waals surface area contributed by atoms with Gasteiger partial charge in [0.2, 0.25) is 5.70 Å². The molecule has 0 radical (unpaired) electrons. The minimum atomic E-state index is -0.308. The van der Waals surface area contributed by atoms with Gasteiger partial charge in [0.1, 0.15) is 0 Å². The highest BCUT2D eigenvalue weighted by Gasteiger charge is 2.21. The number of hydrogen-bond donors (Lipinski definition) is 0. The van der Waals surface area contributed by atoms with E-state index in [4.69, 9.17) is 0 Å². The smallest absolute Gasteiger partial charge is 0.250 e. The molecule has 1 saturated heterocycles. The van der Waals surface area contributed by atoms with Crippen LogP contribution in [0.2, 0.25) is 0 Å². The maximum absolute atomic E-state index is 10.7. The molecule has 16 heavy (non-hydrogen) atoms. The Bertz CT molecular complexity index is 382. The van der Waals surface area contributed by atoms with Crippen LogP contribution in [0, 0.1) is 10.1 Å². The van der Waals surface area contributed by atoms with Gasteiger partial charge in [-0.15, -0.1) is 0 Å². The van der Waals surface area contributed by atoms with Crippen molar-refractivity contribution in [3.8, 4) is 0 Å². The molecule has 1 fully saturated rings. The lowest BCUT2D eigenvalue weighted by molar-refractivity contribution is -0.426. The zero-order chi connectivity index (χ0) is 11.5. The molecule has 1 aliphatic carbocycles. The fraction of sp³-hybridized carbons (Fsp3) is 0.500. The summed E-state index contributed by atoms with van der Waals surface area (Å²) in [7, 11) is 0. The summed E-state index contributed by atoms with van der Waals surface area (Å²) in [5.41, 5.74) is 1.36. The van der Waals surface area contributed by atoms with Crippen molar-refractivity contribution in [1.82, 2.24) is 4.90 Å². The van der Waals surface area contributed by atoms with Crippen LogP contribution in [-0.2, 0) is 0 Å². The van der Waals surface area contributed by atoms with Gasteiger partial charge in [-0.1, -0.05) is 6.08 Å². The summed E-state index contributed by atoms with van der Waals surface area (Å²) in [5.74, 6) is 0. The van der Waals surface area contributed by atoms with Crippen LogP contribution in [0.25, 0.3) is 0 Å². The lowest BCUT2D eigenvalue weighted by atomic mass is 10.2. The Kier molecular flexibility index (Phi) is 3.08. The molecule has 0 bridgehead atoms. The van der Waals surface area contributed by atoms with Gasteiger partial charge in [-0.2, -0.15) is 0 Å². The molecule has 1 aliphatic heterocycles. The third kappa shape index (κ3) is 2.15. The average molecular weight is 220 g/mol. The predicted octanol–water partition coefficient (Wildman–Crippen LogP) is 2.48. The van der Waals surface area contributed by atoms with E-state index in [1.54, 1.807) is 6.08 Å². The van der Waals surface area contributed by atoms with E-state index in [1.807, 2.05) is 18.2 Å². The molecule has 4 nitrogen and oxygen atoms in total. The van der Waals surface area contributed by atoms with Gasteiger partial charge in [0.05, 0.1) is 11.3 Å². The van der Waals surface area contributed by atoms with Gasteiger partial charge >= 0.3 is 0 Å². The second-order valence-electron chi connectivity index (χ2n) is 4.30. The van der Waals surface area contributed by atoms with E-state index in [1.165, 1.54) is 12.8 Å². The summed E-state index contributed by atoms with van der Waals surface area (Å²) in [5, 5.41) is 10.7. The molecule has 0 aromatic carbocycles. The SMILES string of the molecule is CC1CCCN1C1=CC=C([N+](=O)[O-])CC=C1. The Hall–Kier alpha value is -1.58. The molecule has 86 valence electrons. The highest BCUT2D eigenvalue weighted by Crippen LogP contribution is 2.24. The molecule has 0 amide bonds. The first kappa shape index (κ1) is 10.9. The van der Waals surface area contributed by atoms with Crippen LogP contribution >= 0.6 is 0 Å². The normalized spacial score (nSPS) is 25.1. The highest BCUT2D eigenvalue weighted by atomic mass is 16.6. The van der Waals surface area contributed by atoms with Crippen LogP contribution in [-0.4, -0.2) is 22.4 Å². The van der Waals surface area contributed by atoms with Crippen molar-refractivity contribution in [2.45, 2.75) is 32.2 Å². The zero-order valence-corrected chi connectivity index (χ0v) is 9.43. The molecular formula is C12H16N2O2. The molecule has 1 atom stereocenters.